The molecule has 1 aliphatic carbocycles. The lowest BCUT2D eigenvalue weighted by Crippen LogP contribution is -2.26. The van der Waals surface area contributed by atoms with Gasteiger partial charge in [-0.05, 0) is 46.4 Å². The number of aromatic amines is 1. The number of nitrogens with one attached hydrogen (secondary N) is 2. The van der Waals surface area contributed by atoms with Gasteiger partial charge in [-0.25, -0.2) is 9.78 Å². The molecule has 1 aliphatic rings. The molecule has 0 fully saturated rings. The third kappa shape index (κ3) is 4.28. The molecule has 33 heavy (non-hydrogen) atoms. The first-order chi connectivity index (χ1) is 16.2. The molecule has 0 radical (unpaired) electrons. The lowest BCUT2D eigenvalue weighted by molar-refractivity contribution is 0.143. The number of carbonyl (C=O) groups is 1. The molecule has 4 aromatic rings. The molecule has 6 heteroatoms. The average molecular weight is 437 g/mol. The zero-order chi connectivity index (χ0) is 22.6. The van der Waals surface area contributed by atoms with E-state index in [0.717, 1.165) is 5.56 Å². The summed E-state index contributed by atoms with van der Waals surface area (Å²) in [7, 11) is 0. The van der Waals surface area contributed by atoms with Gasteiger partial charge in [0.1, 0.15) is 6.61 Å². The number of H-pyrrole nitrogens is 1. The molecule has 0 saturated carbocycles. The van der Waals surface area contributed by atoms with Crippen LogP contribution in [0, 0.1) is 0 Å². The number of amides is 1. The van der Waals surface area contributed by atoms with Crippen molar-refractivity contribution in [3.05, 3.63) is 106 Å². The predicted octanol–water partition coefficient (Wildman–Crippen LogP) is 4.87. The Bertz CT molecular complexity index is 1360. The first-order valence-electron chi connectivity index (χ1n) is 10.9. The highest BCUT2D eigenvalue weighted by Gasteiger charge is 2.28. The minimum absolute atomic E-state index is 0.0526. The summed E-state index contributed by atoms with van der Waals surface area (Å²) < 4.78 is 5.55. The zero-order valence-electron chi connectivity index (χ0n) is 18.0. The highest BCUT2D eigenvalue weighted by Crippen LogP contribution is 2.44. The van der Waals surface area contributed by atoms with E-state index < -0.39 is 6.09 Å². The van der Waals surface area contributed by atoms with Gasteiger partial charge in [-0.2, -0.15) is 0 Å². The minimum atomic E-state index is -0.417. The van der Waals surface area contributed by atoms with E-state index >= 15 is 0 Å². The zero-order valence-corrected chi connectivity index (χ0v) is 18.0. The van der Waals surface area contributed by atoms with Crippen LogP contribution in [0.25, 0.3) is 28.1 Å². The Kier molecular flexibility index (Phi) is 5.72. The van der Waals surface area contributed by atoms with Gasteiger partial charge in [-0.3, -0.25) is 4.79 Å². The molecule has 0 saturated heterocycles. The normalized spacial score (nSPS) is 12.6. The number of carbonyl (C=O) groups excluding carboxylic acids is 1. The van der Waals surface area contributed by atoms with Crippen LogP contribution in [0.15, 0.2) is 83.9 Å². The molecule has 2 N–H and O–H groups in total. The summed E-state index contributed by atoms with van der Waals surface area (Å²) in [6.07, 6.45) is 5.56. The van der Waals surface area contributed by atoms with Crippen LogP contribution >= 0.6 is 0 Å². The molecule has 1 aromatic heterocycles. The summed E-state index contributed by atoms with van der Waals surface area (Å²) in [6, 6.07) is 22.0. The lowest BCUT2D eigenvalue weighted by atomic mass is 9.98. The van der Waals surface area contributed by atoms with Gasteiger partial charge in [0.15, 0.2) is 0 Å². The molecule has 164 valence electrons. The van der Waals surface area contributed by atoms with Gasteiger partial charge in [0.05, 0.1) is 17.2 Å². The summed E-state index contributed by atoms with van der Waals surface area (Å²) in [4.78, 5) is 30.7. The van der Waals surface area contributed by atoms with E-state index in [1.54, 1.807) is 6.07 Å². The Morgan fingerprint density at radius 2 is 1.76 bits per heavy atom. The van der Waals surface area contributed by atoms with E-state index in [0.29, 0.717) is 30.5 Å². The maximum Gasteiger partial charge on any atom is 0.407 e. The molecular weight excluding hydrogens is 414 g/mol. The molecule has 5 rings (SSSR count). The molecule has 0 unspecified atom stereocenters. The van der Waals surface area contributed by atoms with Crippen molar-refractivity contribution in [1.82, 2.24) is 15.3 Å². The largest absolute Gasteiger partial charge is 0.449 e. The van der Waals surface area contributed by atoms with Crippen LogP contribution in [0.1, 0.15) is 29.0 Å². The van der Waals surface area contributed by atoms with Gasteiger partial charge in [-0.1, -0.05) is 66.7 Å². The fraction of sp³-hybridized carbons (Fsp3) is 0.148. The number of nitrogens with zero attached hydrogens (tertiary/aromatic N) is 1. The lowest BCUT2D eigenvalue weighted by Gasteiger charge is -2.14. The maximum atomic E-state index is 12.2. The second-order valence-corrected chi connectivity index (χ2v) is 7.95. The molecule has 0 bridgehead atoms. The molecule has 1 amide bonds. The number of aromatic nitrogens is 2. The van der Waals surface area contributed by atoms with Gasteiger partial charge in [0.2, 0.25) is 0 Å². The van der Waals surface area contributed by atoms with Crippen molar-refractivity contribution in [3.8, 4) is 11.1 Å². The van der Waals surface area contributed by atoms with Crippen molar-refractivity contribution in [3.63, 3.8) is 0 Å². The number of hydrogen-bond acceptors (Lipinski definition) is 4. The van der Waals surface area contributed by atoms with Gasteiger partial charge in [-0.15, -0.1) is 0 Å². The number of benzene rings is 3. The van der Waals surface area contributed by atoms with Crippen molar-refractivity contribution in [1.29, 1.82) is 0 Å². The first-order valence-corrected chi connectivity index (χ1v) is 10.9. The summed E-state index contributed by atoms with van der Waals surface area (Å²) >= 11 is 0. The third-order valence-corrected chi connectivity index (χ3v) is 5.90. The molecule has 3 aromatic carbocycles. The second kappa shape index (κ2) is 9.12. The number of alkyl carbamates (subject to hydrolysis) is 1. The van der Waals surface area contributed by atoms with Gasteiger partial charge in [0.25, 0.3) is 5.56 Å². The van der Waals surface area contributed by atoms with Crippen LogP contribution in [-0.4, -0.2) is 29.2 Å². The van der Waals surface area contributed by atoms with Gasteiger partial charge < -0.3 is 15.0 Å². The first kappa shape index (κ1) is 20.7. The molecular formula is C27H23N3O3. The Balaban J connectivity index is 1.13. The van der Waals surface area contributed by atoms with Crippen LogP contribution < -0.4 is 10.9 Å². The smallest absolute Gasteiger partial charge is 0.407 e. The highest BCUT2D eigenvalue weighted by molar-refractivity contribution is 5.80. The van der Waals surface area contributed by atoms with Crippen molar-refractivity contribution in [2.45, 2.75) is 12.3 Å². The number of hydrogen-bond donors (Lipinski definition) is 2. The average Bonchev–Trinajstić information content (AvgIpc) is 3.16. The van der Waals surface area contributed by atoms with E-state index in [1.165, 1.54) is 28.6 Å². The molecule has 1 heterocycles. The van der Waals surface area contributed by atoms with Crippen molar-refractivity contribution in [2.24, 2.45) is 0 Å². The third-order valence-electron chi connectivity index (χ3n) is 5.90. The quantitative estimate of drug-likeness (QED) is 0.422. The van der Waals surface area contributed by atoms with Gasteiger partial charge in [0, 0.05) is 12.5 Å². The number of fused-ring (bicyclic) bond motifs is 4. The van der Waals surface area contributed by atoms with Crippen molar-refractivity contribution in [2.75, 3.05) is 13.2 Å². The van der Waals surface area contributed by atoms with Crippen LogP contribution in [0.4, 0.5) is 4.79 Å². The van der Waals surface area contributed by atoms with E-state index in [-0.39, 0.29) is 11.5 Å². The maximum absolute atomic E-state index is 12.2. The summed E-state index contributed by atoms with van der Waals surface area (Å²) in [5.41, 5.74) is 6.26. The Morgan fingerprint density at radius 3 is 2.52 bits per heavy atom. The number of rotatable bonds is 6. The highest BCUT2D eigenvalue weighted by atomic mass is 16.5. The van der Waals surface area contributed by atoms with E-state index in [9.17, 15) is 9.59 Å². The molecule has 6 nitrogen and oxygen atoms in total. The Morgan fingerprint density at radius 1 is 1.03 bits per heavy atom. The summed E-state index contributed by atoms with van der Waals surface area (Å²) in [5.74, 6) is 0.0526. The fourth-order valence-electron chi connectivity index (χ4n) is 4.32. The van der Waals surface area contributed by atoms with Crippen LogP contribution in [-0.2, 0) is 4.74 Å². The van der Waals surface area contributed by atoms with Crippen LogP contribution in [0.2, 0.25) is 0 Å². The standard InChI is InChI=1S/C27H23N3O3/c31-26-23-13-12-18(15-25(23)29-17-30-26)7-5-6-14-28-27(32)33-16-24-21-10-3-1-8-19(21)20-9-2-4-11-22(20)24/h1-5,7-13,15,17,24H,6,14,16H2,(H,28,32)(H,29,30,31). The van der Waals surface area contributed by atoms with E-state index in [4.69, 9.17) is 4.74 Å². The topological polar surface area (TPSA) is 84.1 Å². The monoisotopic (exact) mass is 437 g/mol. The van der Waals surface area contributed by atoms with Crippen LogP contribution in [0.5, 0.6) is 0 Å². The SMILES string of the molecule is O=C(NCCC=Cc1ccc2c(=O)[nH]cnc2c1)OCC1c2ccccc2-c2ccccc21. The second-order valence-electron chi connectivity index (χ2n) is 7.95. The predicted molar refractivity (Wildman–Crippen MR) is 129 cm³/mol. The Hall–Kier alpha value is -4.19. The fourth-order valence-corrected chi connectivity index (χ4v) is 4.32. The minimum Gasteiger partial charge on any atom is -0.449 e. The summed E-state index contributed by atoms with van der Waals surface area (Å²) in [6.45, 7) is 0.775. The Labute approximate surface area is 191 Å². The van der Waals surface area contributed by atoms with Crippen LogP contribution in [0.3, 0.4) is 0 Å². The molecule has 0 aliphatic heterocycles. The molecule has 0 spiro atoms. The molecule has 0 atom stereocenters. The summed E-state index contributed by atoms with van der Waals surface area (Å²) in [5, 5.41) is 3.37. The van der Waals surface area contributed by atoms with Crippen molar-refractivity contribution >= 4 is 23.1 Å². The van der Waals surface area contributed by atoms with Gasteiger partial charge >= 0.3 is 6.09 Å². The van der Waals surface area contributed by atoms with Crippen molar-refractivity contribution < 1.29 is 9.53 Å². The van der Waals surface area contributed by atoms with E-state index in [2.05, 4.69) is 39.6 Å². The van der Waals surface area contributed by atoms with E-state index in [1.807, 2.05) is 48.6 Å². The number of ether oxygens (including phenoxy) is 1.